The number of nitriles is 1. The Morgan fingerprint density at radius 1 is 1.14 bits per heavy atom. The first kappa shape index (κ1) is 19.1. The normalized spacial score (nSPS) is 11.3. The predicted molar refractivity (Wildman–Crippen MR) is 111 cm³/mol. The Balaban J connectivity index is 2.01. The van der Waals surface area contributed by atoms with Crippen molar-refractivity contribution in [2.45, 2.75) is 27.2 Å². The number of benzene rings is 2. The van der Waals surface area contributed by atoms with Gasteiger partial charge in [0, 0.05) is 29.2 Å². The van der Waals surface area contributed by atoms with Crippen molar-refractivity contribution < 1.29 is 4.92 Å². The van der Waals surface area contributed by atoms with Crippen LogP contribution in [-0.2, 0) is 6.42 Å². The molecule has 2 aromatic carbocycles. The van der Waals surface area contributed by atoms with Gasteiger partial charge in [-0.3, -0.25) is 10.1 Å². The second-order valence-electron chi connectivity index (χ2n) is 6.66. The molecule has 0 fully saturated rings. The van der Waals surface area contributed by atoms with Crippen LogP contribution < -0.4 is 0 Å². The minimum absolute atomic E-state index is 0.00902. The summed E-state index contributed by atoms with van der Waals surface area (Å²) < 4.78 is 2.16. The Bertz CT molecular complexity index is 1080. The number of nitro groups is 1. The van der Waals surface area contributed by atoms with Crippen LogP contribution >= 0.6 is 0 Å². The van der Waals surface area contributed by atoms with Gasteiger partial charge in [0.2, 0.25) is 0 Å². The summed E-state index contributed by atoms with van der Waals surface area (Å²) in [6.07, 6.45) is 2.83. The molecule has 5 heteroatoms. The van der Waals surface area contributed by atoms with Crippen molar-refractivity contribution in [2.24, 2.45) is 0 Å². The van der Waals surface area contributed by atoms with E-state index in [0.717, 1.165) is 29.1 Å². The Kier molecular flexibility index (Phi) is 5.42. The minimum atomic E-state index is -0.447. The summed E-state index contributed by atoms with van der Waals surface area (Å²) in [6.45, 7) is 6.19. The van der Waals surface area contributed by atoms with E-state index in [1.165, 1.54) is 17.7 Å². The molecule has 0 spiro atoms. The third-order valence-electron chi connectivity index (χ3n) is 4.88. The lowest BCUT2D eigenvalue weighted by atomic mass is 10.0. The summed E-state index contributed by atoms with van der Waals surface area (Å²) in [7, 11) is 0. The Hall–Kier alpha value is -3.65. The fourth-order valence-corrected chi connectivity index (χ4v) is 3.31. The molecule has 1 aromatic heterocycles. The van der Waals surface area contributed by atoms with Gasteiger partial charge in [-0.15, -0.1) is 0 Å². The van der Waals surface area contributed by atoms with Gasteiger partial charge in [-0.25, -0.2) is 0 Å². The van der Waals surface area contributed by atoms with Gasteiger partial charge >= 0.3 is 0 Å². The topological polar surface area (TPSA) is 71.9 Å². The van der Waals surface area contributed by atoms with Crippen molar-refractivity contribution in [3.63, 3.8) is 0 Å². The van der Waals surface area contributed by atoms with Gasteiger partial charge in [0.25, 0.3) is 5.69 Å². The van der Waals surface area contributed by atoms with Crippen LogP contribution in [0.15, 0.2) is 54.6 Å². The summed E-state index contributed by atoms with van der Waals surface area (Å²) in [4.78, 5) is 10.4. The zero-order chi connectivity index (χ0) is 20.3. The molecule has 0 aliphatic carbocycles. The van der Waals surface area contributed by atoms with Crippen LogP contribution in [0.3, 0.4) is 0 Å². The third-order valence-corrected chi connectivity index (χ3v) is 4.88. The van der Waals surface area contributed by atoms with Crippen molar-refractivity contribution in [3.05, 3.63) is 92.8 Å². The van der Waals surface area contributed by atoms with Crippen molar-refractivity contribution in [1.29, 1.82) is 5.26 Å². The summed E-state index contributed by atoms with van der Waals surface area (Å²) in [5, 5.41) is 20.4. The van der Waals surface area contributed by atoms with Gasteiger partial charge in [-0.05, 0) is 73.4 Å². The molecule has 0 saturated heterocycles. The van der Waals surface area contributed by atoms with Gasteiger partial charge in [0.15, 0.2) is 0 Å². The zero-order valence-electron chi connectivity index (χ0n) is 16.1. The number of allylic oxidation sites excluding steroid dienone is 1. The van der Waals surface area contributed by atoms with E-state index in [2.05, 4.69) is 41.8 Å². The SMILES string of the molecule is CCc1ccc(-n2c(C)cc(/C=C(/C#N)c3ccc([N+](=O)[O-])cc3)c2C)cc1. The lowest BCUT2D eigenvalue weighted by Gasteiger charge is -2.10. The second kappa shape index (κ2) is 7.93. The number of non-ortho nitro benzene ring substituents is 1. The van der Waals surface area contributed by atoms with Gasteiger partial charge in [0.05, 0.1) is 16.6 Å². The van der Waals surface area contributed by atoms with E-state index in [0.29, 0.717) is 11.1 Å². The van der Waals surface area contributed by atoms with Crippen LogP contribution in [0.2, 0.25) is 0 Å². The fraction of sp³-hybridized carbons (Fsp3) is 0.174. The number of rotatable bonds is 5. The third kappa shape index (κ3) is 3.72. The molecule has 0 unspecified atom stereocenters. The smallest absolute Gasteiger partial charge is 0.269 e. The monoisotopic (exact) mass is 371 g/mol. The maximum Gasteiger partial charge on any atom is 0.269 e. The minimum Gasteiger partial charge on any atom is -0.318 e. The molecule has 140 valence electrons. The number of aryl methyl sites for hydroxylation is 2. The molecule has 0 radical (unpaired) electrons. The highest BCUT2D eigenvalue weighted by atomic mass is 16.6. The second-order valence-corrected chi connectivity index (χ2v) is 6.66. The first-order valence-corrected chi connectivity index (χ1v) is 9.09. The number of hydrogen-bond acceptors (Lipinski definition) is 3. The van der Waals surface area contributed by atoms with Crippen LogP contribution in [0.5, 0.6) is 0 Å². The molecule has 5 nitrogen and oxygen atoms in total. The van der Waals surface area contributed by atoms with E-state index in [9.17, 15) is 15.4 Å². The molecule has 0 aliphatic heterocycles. The van der Waals surface area contributed by atoms with E-state index < -0.39 is 4.92 Å². The van der Waals surface area contributed by atoms with Gasteiger partial charge in [0.1, 0.15) is 0 Å². The summed E-state index contributed by atoms with van der Waals surface area (Å²) in [6, 6.07) is 18.8. The molecule has 3 rings (SSSR count). The lowest BCUT2D eigenvalue weighted by molar-refractivity contribution is -0.384. The van der Waals surface area contributed by atoms with Gasteiger partial charge in [-0.1, -0.05) is 19.1 Å². The van der Waals surface area contributed by atoms with E-state index in [1.54, 1.807) is 12.1 Å². The van der Waals surface area contributed by atoms with Crippen molar-refractivity contribution in [1.82, 2.24) is 4.57 Å². The molecule has 1 heterocycles. The van der Waals surface area contributed by atoms with Gasteiger partial charge in [-0.2, -0.15) is 5.26 Å². The summed E-state index contributed by atoms with van der Waals surface area (Å²) in [5.41, 5.74) is 6.57. The molecular weight excluding hydrogens is 350 g/mol. The van der Waals surface area contributed by atoms with E-state index in [1.807, 2.05) is 26.0 Å². The molecule has 28 heavy (non-hydrogen) atoms. The van der Waals surface area contributed by atoms with Crippen molar-refractivity contribution in [2.75, 3.05) is 0 Å². The number of hydrogen-bond donors (Lipinski definition) is 0. The molecule has 0 saturated carbocycles. The highest BCUT2D eigenvalue weighted by Crippen LogP contribution is 2.26. The van der Waals surface area contributed by atoms with E-state index >= 15 is 0 Å². The standard InChI is InChI=1S/C23H21N3O2/c1-4-18-5-9-22(10-6-18)25-16(2)13-20(17(25)3)14-21(15-24)19-7-11-23(12-8-19)26(27)28/h5-14H,4H2,1-3H3/b21-14-. The quantitative estimate of drug-likeness (QED) is 0.331. The van der Waals surface area contributed by atoms with Crippen LogP contribution in [-0.4, -0.2) is 9.49 Å². The largest absolute Gasteiger partial charge is 0.318 e. The molecule has 0 amide bonds. The van der Waals surface area contributed by atoms with Crippen LogP contribution in [0.25, 0.3) is 17.3 Å². The average molecular weight is 371 g/mol. The van der Waals surface area contributed by atoms with Crippen molar-refractivity contribution in [3.8, 4) is 11.8 Å². The molecular formula is C23H21N3O2. The van der Waals surface area contributed by atoms with Crippen LogP contribution in [0.1, 0.15) is 35.0 Å². The molecule has 0 bridgehead atoms. The zero-order valence-corrected chi connectivity index (χ0v) is 16.1. The Morgan fingerprint density at radius 2 is 1.79 bits per heavy atom. The first-order valence-electron chi connectivity index (χ1n) is 9.09. The van der Waals surface area contributed by atoms with E-state index in [4.69, 9.17) is 0 Å². The molecule has 0 atom stereocenters. The Morgan fingerprint density at radius 3 is 2.32 bits per heavy atom. The Labute approximate surface area is 164 Å². The maximum atomic E-state index is 10.8. The molecule has 0 aliphatic rings. The summed E-state index contributed by atoms with van der Waals surface area (Å²) in [5.74, 6) is 0. The maximum absolute atomic E-state index is 10.8. The van der Waals surface area contributed by atoms with Gasteiger partial charge < -0.3 is 4.57 Å². The highest BCUT2D eigenvalue weighted by molar-refractivity contribution is 5.90. The first-order chi connectivity index (χ1) is 13.4. The average Bonchev–Trinajstić information content (AvgIpc) is 2.99. The molecule has 0 N–H and O–H groups in total. The number of nitrogens with zero attached hydrogens (tertiary/aromatic N) is 3. The van der Waals surface area contributed by atoms with Crippen molar-refractivity contribution >= 4 is 17.3 Å². The number of nitro benzene ring substituents is 1. The highest BCUT2D eigenvalue weighted by Gasteiger charge is 2.12. The number of aromatic nitrogens is 1. The van der Waals surface area contributed by atoms with Crippen LogP contribution in [0.4, 0.5) is 5.69 Å². The molecule has 3 aromatic rings. The van der Waals surface area contributed by atoms with Crippen LogP contribution in [0, 0.1) is 35.3 Å². The predicted octanol–water partition coefficient (Wildman–Crippen LogP) is 5.63. The fourth-order valence-electron chi connectivity index (χ4n) is 3.31. The summed E-state index contributed by atoms with van der Waals surface area (Å²) >= 11 is 0. The lowest BCUT2D eigenvalue weighted by Crippen LogP contribution is -1.99. The van der Waals surface area contributed by atoms with E-state index in [-0.39, 0.29) is 5.69 Å².